The second-order valence-corrected chi connectivity index (χ2v) is 8.24. The molecule has 150 valence electrons. The number of hydrogen-bond acceptors (Lipinski definition) is 4. The van der Waals surface area contributed by atoms with Crippen LogP contribution in [0.25, 0.3) is 0 Å². The molecule has 2 heterocycles. The van der Waals surface area contributed by atoms with Crippen molar-refractivity contribution in [1.82, 2.24) is 19.6 Å². The summed E-state index contributed by atoms with van der Waals surface area (Å²) < 4.78 is 0. The van der Waals surface area contributed by atoms with Crippen LogP contribution in [0.1, 0.15) is 41.0 Å². The molecule has 3 atom stereocenters. The third-order valence-corrected chi connectivity index (χ3v) is 5.97. The summed E-state index contributed by atoms with van der Waals surface area (Å²) in [6.45, 7) is 17.8. The molecule has 0 aromatic heterocycles. The Bertz CT molecular complexity index is 462. The Morgan fingerprint density at radius 2 is 1.54 bits per heavy atom. The van der Waals surface area contributed by atoms with E-state index in [1.54, 1.807) is 0 Å². The van der Waals surface area contributed by atoms with Crippen molar-refractivity contribution in [3.8, 4) is 0 Å². The van der Waals surface area contributed by atoms with Gasteiger partial charge < -0.3 is 9.80 Å². The summed E-state index contributed by atoms with van der Waals surface area (Å²) in [6, 6.07) is -0.0619. The van der Waals surface area contributed by atoms with Crippen LogP contribution in [0.3, 0.4) is 0 Å². The summed E-state index contributed by atoms with van der Waals surface area (Å²) in [5, 5.41) is 0. The molecule has 6 heteroatoms. The number of likely N-dealkylation sites (tertiary alicyclic amines) is 1. The Morgan fingerprint density at radius 1 is 1.00 bits per heavy atom. The molecule has 0 N–H and O–H groups in total. The summed E-state index contributed by atoms with van der Waals surface area (Å²) in [6.07, 6.45) is 1.22. The van der Waals surface area contributed by atoms with Crippen LogP contribution >= 0.6 is 0 Å². The van der Waals surface area contributed by atoms with Gasteiger partial charge in [0.25, 0.3) is 0 Å². The van der Waals surface area contributed by atoms with E-state index in [4.69, 9.17) is 0 Å². The van der Waals surface area contributed by atoms with E-state index >= 15 is 0 Å². The van der Waals surface area contributed by atoms with E-state index < -0.39 is 0 Å². The Balaban J connectivity index is 1.81. The minimum atomic E-state index is -0.0619. The molecule has 0 aromatic rings. The van der Waals surface area contributed by atoms with Crippen LogP contribution in [-0.4, -0.2) is 96.4 Å². The first-order valence-corrected chi connectivity index (χ1v) is 10.4. The van der Waals surface area contributed by atoms with Crippen LogP contribution in [0.15, 0.2) is 0 Å². The monoisotopic (exact) mass is 366 g/mol. The van der Waals surface area contributed by atoms with E-state index in [0.29, 0.717) is 18.4 Å². The van der Waals surface area contributed by atoms with Crippen molar-refractivity contribution in [3.05, 3.63) is 0 Å². The fourth-order valence-electron chi connectivity index (χ4n) is 4.44. The molecule has 2 aliphatic rings. The van der Waals surface area contributed by atoms with Crippen LogP contribution in [0.5, 0.6) is 0 Å². The zero-order valence-electron chi connectivity index (χ0n) is 17.4. The van der Waals surface area contributed by atoms with Crippen LogP contribution < -0.4 is 0 Å². The van der Waals surface area contributed by atoms with Crippen molar-refractivity contribution in [3.63, 3.8) is 0 Å². The van der Waals surface area contributed by atoms with Crippen molar-refractivity contribution in [2.45, 2.75) is 47.1 Å². The van der Waals surface area contributed by atoms with Gasteiger partial charge in [0.05, 0.1) is 12.6 Å². The predicted molar refractivity (Wildman–Crippen MR) is 105 cm³/mol. The third-order valence-electron chi connectivity index (χ3n) is 5.97. The van der Waals surface area contributed by atoms with E-state index in [1.807, 2.05) is 25.7 Å². The van der Waals surface area contributed by atoms with Crippen molar-refractivity contribution in [2.75, 3.05) is 58.9 Å². The van der Waals surface area contributed by atoms with Gasteiger partial charge in [-0.3, -0.25) is 19.4 Å². The van der Waals surface area contributed by atoms with Gasteiger partial charge in [-0.2, -0.15) is 0 Å². The van der Waals surface area contributed by atoms with Crippen LogP contribution in [-0.2, 0) is 9.59 Å². The summed E-state index contributed by atoms with van der Waals surface area (Å²) in [4.78, 5) is 33.7. The van der Waals surface area contributed by atoms with Gasteiger partial charge in [0, 0.05) is 52.4 Å². The number of amides is 2. The summed E-state index contributed by atoms with van der Waals surface area (Å²) in [5.74, 6) is 1.68. The highest BCUT2D eigenvalue weighted by molar-refractivity contribution is 5.81. The summed E-state index contributed by atoms with van der Waals surface area (Å²) >= 11 is 0. The fraction of sp³-hybridized carbons (Fsp3) is 0.900. The van der Waals surface area contributed by atoms with Gasteiger partial charge in [-0.1, -0.05) is 13.8 Å². The zero-order valence-corrected chi connectivity index (χ0v) is 17.4. The average molecular weight is 367 g/mol. The quantitative estimate of drug-likeness (QED) is 0.712. The molecule has 6 nitrogen and oxygen atoms in total. The van der Waals surface area contributed by atoms with E-state index in [2.05, 4.69) is 28.5 Å². The Hall–Kier alpha value is -1.14. The van der Waals surface area contributed by atoms with Gasteiger partial charge in [-0.25, -0.2) is 0 Å². The number of hydrogen-bond donors (Lipinski definition) is 0. The Labute approximate surface area is 159 Å². The second kappa shape index (κ2) is 9.70. The van der Waals surface area contributed by atoms with Gasteiger partial charge >= 0.3 is 0 Å². The minimum Gasteiger partial charge on any atom is -0.342 e. The number of piperidine rings is 1. The third kappa shape index (κ3) is 5.43. The van der Waals surface area contributed by atoms with E-state index in [1.165, 1.54) is 6.42 Å². The maximum absolute atomic E-state index is 12.9. The minimum absolute atomic E-state index is 0.0619. The molecule has 0 aromatic carbocycles. The first-order chi connectivity index (χ1) is 12.3. The van der Waals surface area contributed by atoms with E-state index in [9.17, 15) is 9.59 Å². The molecule has 2 rings (SSSR count). The number of carbonyl (C=O) groups is 2. The molecule has 3 unspecified atom stereocenters. The zero-order chi connectivity index (χ0) is 19.3. The normalized spacial score (nSPS) is 26.6. The Morgan fingerprint density at radius 3 is 2.04 bits per heavy atom. The maximum Gasteiger partial charge on any atom is 0.239 e. The number of nitrogens with zero attached hydrogens (tertiary/aromatic N) is 4. The van der Waals surface area contributed by atoms with Gasteiger partial charge in [0.15, 0.2) is 0 Å². The van der Waals surface area contributed by atoms with Crippen molar-refractivity contribution >= 4 is 11.8 Å². The van der Waals surface area contributed by atoms with E-state index in [-0.39, 0.29) is 17.9 Å². The summed E-state index contributed by atoms with van der Waals surface area (Å²) in [5.41, 5.74) is 0. The molecule has 0 saturated carbocycles. The first-order valence-electron chi connectivity index (χ1n) is 10.4. The topological polar surface area (TPSA) is 47.1 Å². The molecule has 2 saturated heterocycles. The van der Waals surface area contributed by atoms with Gasteiger partial charge in [0.1, 0.15) is 0 Å². The lowest BCUT2D eigenvalue weighted by atomic mass is 9.91. The highest BCUT2D eigenvalue weighted by atomic mass is 16.2. The molecule has 2 fully saturated rings. The predicted octanol–water partition coefficient (Wildman–Crippen LogP) is 1.37. The lowest BCUT2D eigenvalue weighted by molar-refractivity contribution is -0.140. The molecule has 26 heavy (non-hydrogen) atoms. The number of carbonyl (C=O) groups excluding carboxylic acids is 2. The number of likely N-dealkylation sites (N-methyl/N-ethyl adjacent to an activating group) is 1. The van der Waals surface area contributed by atoms with Crippen molar-refractivity contribution in [2.24, 2.45) is 11.8 Å². The molecular formula is C20H38N4O2. The lowest BCUT2D eigenvalue weighted by Gasteiger charge is -2.41. The summed E-state index contributed by atoms with van der Waals surface area (Å²) in [7, 11) is 0. The fourth-order valence-corrected chi connectivity index (χ4v) is 4.44. The molecule has 0 aliphatic carbocycles. The maximum atomic E-state index is 12.9. The smallest absolute Gasteiger partial charge is 0.239 e. The Kier molecular flexibility index (Phi) is 7.89. The largest absolute Gasteiger partial charge is 0.342 e. The highest BCUT2D eigenvalue weighted by Crippen LogP contribution is 2.22. The van der Waals surface area contributed by atoms with E-state index in [0.717, 1.165) is 52.4 Å². The average Bonchev–Trinajstić information content (AvgIpc) is 2.61. The van der Waals surface area contributed by atoms with Crippen molar-refractivity contribution < 1.29 is 9.59 Å². The second-order valence-electron chi connectivity index (χ2n) is 8.24. The van der Waals surface area contributed by atoms with Crippen molar-refractivity contribution in [1.29, 1.82) is 0 Å². The molecule has 0 bridgehead atoms. The molecule has 0 spiro atoms. The highest BCUT2D eigenvalue weighted by Gasteiger charge is 2.32. The standard InChI is InChI=1S/C20H38N4O2/c1-6-22(7-2)19(25)15-21-8-10-23(11-9-21)18(5)20(26)24-13-16(3)12-17(4)14-24/h16-18H,6-15H2,1-5H3. The molecule has 2 aliphatic heterocycles. The van der Waals surface area contributed by atoms with Crippen LogP contribution in [0.4, 0.5) is 0 Å². The SMILES string of the molecule is CCN(CC)C(=O)CN1CCN(C(C)C(=O)N2CC(C)CC(C)C2)CC1. The molecule has 2 amide bonds. The molecular weight excluding hydrogens is 328 g/mol. The van der Waals surface area contributed by atoms with Gasteiger partial charge in [0.2, 0.25) is 11.8 Å². The van der Waals surface area contributed by atoms with Crippen LogP contribution in [0.2, 0.25) is 0 Å². The number of piperazine rings is 1. The van der Waals surface area contributed by atoms with Gasteiger partial charge in [-0.15, -0.1) is 0 Å². The van der Waals surface area contributed by atoms with Gasteiger partial charge in [-0.05, 0) is 39.0 Å². The number of rotatable bonds is 6. The molecule has 0 radical (unpaired) electrons. The first kappa shape index (κ1) is 21.2. The van der Waals surface area contributed by atoms with Crippen LogP contribution in [0, 0.1) is 11.8 Å². The lowest BCUT2D eigenvalue weighted by Crippen LogP contribution is -2.57.